The van der Waals surface area contributed by atoms with Gasteiger partial charge in [-0.3, -0.25) is 4.79 Å². The zero-order valence-corrected chi connectivity index (χ0v) is 11.2. The van der Waals surface area contributed by atoms with Gasteiger partial charge in [0.25, 0.3) is 0 Å². The van der Waals surface area contributed by atoms with Gasteiger partial charge in [-0.15, -0.1) is 0 Å². The standard InChI is InChI=1S/C13H17NO3S/c1-17-11-4-2-3-10(14-11)8-18-9-13(5-6-13)7-12(15)16/h2-4H,5-9H2,1H3,(H,15,16). The van der Waals surface area contributed by atoms with E-state index < -0.39 is 5.97 Å². The van der Waals surface area contributed by atoms with Crippen LogP contribution in [0.25, 0.3) is 0 Å². The van der Waals surface area contributed by atoms with E-state index >= 15 is 0 Å². The van der Waals surface area contributed by atoms with Crippen molar-refractivity contribution in [1.82, 2.24) is 4.98 Å². The van der Waals surface area contributed by atoms with Crippen LogP contribution >= 0.6 is 11.8 Å². The average Bonchev–Trinajstić information content (AvgIpc) is 3.08. The van der Waals surface area contributed by atoms with Crippen molar-refractivity contribution < 1.29 is 14.6 Å². The highest BCUT2D eigenvalue weighted by atomic mass is 32.2. The number of pyridine rings is 1. The molecule has 5 heteroatoms. The van der Waals surface area contributed by atoms with E-state index in [2.05, 4.69) is 4.98 Å². The van der Waals surface area contributed by atoms with Gasteiger partial charge in [0.05, 0.1) is 19.2 Å². The Hall–Kier alpha value is -1.23. The molecule has 0 unspecified atom stereocenters. The van der Waals surface area contributed by atoms with Crippen LogP contribution in [0.2, 0.25) is 0 Å². The highest BCUT2D eigenvalue weighted by Gasteiger charge is 2.43. The number of nitrogens with zero attached hydrogens (tertiary/aromatic N) is 1. The van der Waals surface area contributed by atoms with Crippen LogP contribution < -0.4 is 4.74 Å². The fraction of sp³-hybridized carbons (Fsp3) is 0.538. The number of thioether (sulfide) groups is 1. The largest absolute Gasteiger partial charge is 0.481 e. The normalized spacial score (nSPS) is 16.3. The Morgan fingerprint density at radius 3 is 2.94 bits per heavy atom. The van der Waals surface area contributed by atoms with Crippen molar-refractivity contribution in [2.24, 2.45) is 5.41 Å². The van der Waals surface area contributed by atoms with Crippen molar-refractivity contribution in [2.75, 3.05) is 12.9 Å². The maximum atomic E-state index is 10.7. The molecule has 1 N–H and O–H groups in total. The highest BCUT2D eigenvalue weighted by Crippen LogP contribution is 2.51. The molecule has 0 saturated heterocycles. The molecule has 0 radical (unpaired) electrons. The summed E-state index contributed by atoms with van der Waals surface area (Å²) in [5, 5.41) is 8.84. The maximum absolute atomic E-state index is 10.7. The van der Waals surface area contributed by atoms with Crippen LogP contribution in [0.3, 0.4) is 0 Å². The molecule has 0 amide bonds. The first-order valence-electron chi connectivity index (χ1n) is 5.93. The monoisotopic (exact) mass is 267 g/mol. The minimum atomic E-state index is -0.687. The van der Waals surface area contributed by atoms with Gasteiger partial charge in [0.1, 0.15) is 0 Å². The van der Waals surface area contributed by atoms with Gasteiger partial charge in [-0.25, -0.2) is 4.98 Å². The van der Waals surface area contributed by atoms with Gasteiger partial charge in [-0.2, -0.15) is 11.8 Å². The van der Waals surface area contributed by atoms with Crippen molar-refractivity contribution in [3.63, 3.8) is 0 Å². The van der Waals surface area contributed by atoms with Gasteiger partial charge in [0.2, 0.25) is 5.88 Å². The molecule has 2 rings (SSSR count). The Morgan fingerprint density at radius 2 is 2.33 bits per heavy atom. The van der Waals surface area contributed by atoms with Crippen LogP contribution in [-0.4, -0.2) is 28.9 Å². The lowest BCUT2D eigenvalue weighted by molar-refractivity contribution is -0.138. The first-order valence-corrected chi connectivity index (χ1v) is 7.08. The van der Waals surface area contributed by atoms with E-state index in [9.17, 15) is 4.79 Å². The van der Waals surface area contributed by atoms with E-state index in [1.807, 2.05) is 18.2 Å². The number of hydrogen-bond donors (Lipinski definition) is 1. The summed E-state index contributed by atoms with van der Waals surface area (Å²) in [6.07, 6.45) is 2.38. The second-order valence-electron chi connectivity index (χ2n) is 4.73. The van der Waals surface area contributed by atoms with Gasteiger partial charge >= 0.3 is 5.97 Å². The fourth-order valence-corrected chi connectivity index (χ4v) is 3.19. The van der Waals surface area contributed by atoms with Crippen LogP contribution in [0, 0.1) is 5.41 Å². The SMILES string of the molecule is COc1cccc(CSCC2(CC(=O)O)CC2)n1. The topological polar surface area (TPSA) is 59.4 Å². The van der Waals surface area contributed by atoms with Crippen LogP contribution in [0.15, 0.2) is 18.2 Å². The number of hydrogen-bond acceptors (Lipinski definition) is 4. The molecule has 0 atom stereocenters. The van der Waals surface area contributed by atoms with E-state index in [1.54, 1.807) is 18.9 Å². The molecule has 98 valence electrons. The molecule has 4 nitrogen and oxygen atoms in total. The fourth-order valence-electron chi connectivity index (χ4n) is 1.89. The number of carboxylic acids is 1. The number of aliphatic carboxylic acids is 1. The molecule has 0 bridgehead atoms. The molecule has 1 aromatic heterocycles. The molecule has 0 aliphatic heterocycles. The predicted molar refractivity (Wildman–Crippen MR) is 70.9 cm³/mol. The number of carbonyl (C=O) groups is 1. The summed E-state index contributed by atoms with van der Waals surface area (Å²) in [5.74, 6) is 1.64. The minimum absolute atomic E-state index is 0.0510. The van der Waals surface area contributed by atoms with Crippen molar-refractivity contribution in [2.45, 2.75) is 25.0 Å². The lowest BCUT2D eigenvalue weighted by atomic mass is 10.1. The molecule has 1 aliphatic carbocycles. The van der Waals surface area contributed by atoms with Gasteiger partial charge in [0, 0.05) is 11.8 Å². The summed E-state index contributed by atoms with van der Waals surface area (Å²) in [6.45, 7) is 0. The zero-order valence-electron chi connectivity index (χ0n) is 10.4. The lowest BCUT2D eigenvalue weighted by Gasteiger charge is -2.11. The smallest absolute Gasteiger partial charge is 0.303 e. The molecule has 18 heavy (non-hydrogen) atoms. The molecule has 0 aromatic carbocycles. The molecule has 1 heterocycles. The van der Waals surface area contributed by atoms with E-state index in [0.717, 1.165) is 30.0 Å². The molecule has 1 saturated carbocycles. The quantitative estimate of drug-likeness (QED) is 0.822. The minimum Gasteiger partial charge on any atom is -0.481 e. The Morgan fingerprint density at radius 1 is 1.56 bits per heavy atom. The lowest BCUT2D eigenvalue weighted by Crippen LogP contribution is -2.11. The summed E-state index contributed by atoms with van der Waals surface area (Å²) in [6, 6.07) is 5.71. The van der Waals surface area contributed by atoms with E-state index in [-0.39, 0.29) is 5.41 Å². The van der Waals surface area contributed by atoms with Crippen molar-refractivity contribution in [3.8, 4) is 5.88 Å². The summed E-state index contributed by atoms with van der Waals surface area (Å²) in [7, 11) is 1.60. The Bertz CT molecular complexity index is 432. The Kier molecular flexibility index (Phi) is 4.11. The number of methoxy groups -OCH3 is 1. The summed E-state index contributed by atoms with van der Waals surface area (Å²) < 4.78 is 5.07. The van der Waals surface area contributed by atoms with E-state index in [4.69, 9.17) is 9.84 Å². The first kappa shape index (κ1) is 13.2. The predicted octanol–water partition coefficient (Wildman–Crippen LogP) is 2.58. The molecular formula is C13H17NO3S. The second kappa shape index (κ2) is 5.61. The molecule has 1 aliphatic rings. The van der Waals surface area contributed by atoms with E-state index in [0.29, 0.717) is 12.3 Å². The molecular weight excluding hydrogens is 250 g/mol. The molecule has 1 aromatic rings. The molecule has 1 fully saturated rings. The first-order chi connectivity index (χ1) is 8.63. The van der Waals surface area contributed by atoms with E-state index in [1.165, 1.54) is 0 Å². The van der Waals surface area contributed by atoms with Crippen LogP contribution in [0.4, 0.5) is 0 Å². The maximum Gasteiger partial charge on any atom is 0.303 e. The summed E-state index contributed by atoms with van der Waals surface area (Å²) >= 11 is 1.76. The van der Waals surface area contributed by atoms with Gasteiger partial charge in [-0.05, 0) is 30.1 Å². The molecule has 0 spiro atoms. The van der Waals surface area contributed by atoms with Crippen molar-refractivity contribution >= 4 is 17.7 Å². The third kappa shape index (κ3) is 3.63. The third-order valence-corrected chi connectivity index (χ3v) is 4.45. The number of rotatable bonds is 7. The zero-order chi connectivity index (χ0) is 13.0. The van der Waals surface area contributed by atoms with Crippen LogP contribution in [-0.2, 0) is 10.5 Å². The average molecular weight is 267 g/mol. The number of carboxylic acid groups (broad SMARTS) is 1. The van der Waals surface area contributed by atoms with Crippen LogP contribution in [0.5, 0.6) is 5.88 Å². The Balaban J connectivity index is 1.80. The number of aromatic nitrogens is 1. The van der Waals surface area contributed by atoms with Gasteiger partial charge in [0.15, 0.2) is 0 Å². The van der Waals surface area contributed by atoms with Gasteiger partial charge < -0.3 is 9.84 Å². The van der Waals surface area contributed by atoms with Gasteiger partial charge in [-0.1, -0.05) is 6.07 Å². The van der Waals surface area contributed by atoms with Crippen LogP contribution in [0.1, 0.15) is 25.0 Å². The number of ether oxygens (including phenoxy) is 1. The summed E-state index contributed by atoms with van der Waals surface area (Å²) in [4.78, 5) is 15.1. The Labute approximate surface area is 111 Å². The highest BCUT2D eigenvalue weighted by molar-refractivity contribution is 7.98. The second-order valence-corrected chi connectivity index (χ2v) is 5.72. The van der Waals surface area contributed by atoms with Crippen molar-refractivity contribution in [1.29, 1.82) is 0 Å². The summed E-state index contributed by atoms with van der Waals surface area (Å²) in [5.41, 5.74) is 1.03. The third-order valence-electron chi connectivity index (χ3n) is 3.13. The van der Waals surface area contributed by atoms with Crippen molar-refractivity contribution in [3.05, 3.63) is 23.9 Å².